The molecule has 0 spiro atoms. The van der Waals surface area contributed by atoms with Crippen molar-refractivity contribution >= 4 is 29.0 Å². The van der Waals surface area contributed by atoms with Crippen LogP contribution in [0.3, 0.4) is 0 Å². The van der Waals surface area contributed by atoms with Crippen LogP contribution < -0.4 is 31.5 Å². The summed E-state index contributed by atoms with van der Waals surface area (Å²) in [5.41, 5.74) is 5.28. The molecule has 2 amide bonds. The summed E-state index contributed by atoms with van der Waals surface area (Å²) in [6.45, 7) is 2.46. The van der Waals surface area contributed by atoms with Gasteiger partial charge >= 0.3 is 5.69 Å². The first-order valence-corrected chi connectivity index (χ1v) is 10.7. The van der Waals surface area contributed by atoms with Crippen LogP contribution in [0.2, 0.25) is 0 Å². The maximum atomic E-state index is 13.5. The standard InChI is InChI=1S/C22H29N5O6/c1-4-8-26-19(23)18(20(29)24-22(26)31)25(9-10-32-2)21(30)14-11-17(28)27(13-14)15-6-5-7-16(12-15)33-3/h5-7,12,14H,4,8-11,13,23H2,1-3H3,(H,24,29,31). The number of benzene rings is 1. The molecule has 1 aromatic heterocycles. The molecule has 2 aromatic rings. The summed E-state index contributed by atoms with van der Waals surface area (Å²) < 4.78 is 11.6. The molecule has 1 aromatic carbocycles. The Labute approximate surface area is 190 Å². The molecule has 1 atom stereocenters. The fraction of sp³-hybridized carbons (Fsp3) is 0.455. The van der Waals surface area contributed by atoms with Crippen LogP contribution in [0.25, 0.3) is 0 Å². The minimum Gasteiger partial charge on any atom is -0.497 e. The average molecular weight is 460 g/mol. The lowest BCUT2D eigenvalue weighted by Crippen LogP contribution is -2.45. The average Bonchev–Trinajstić information content (AvgIpc) is 3.19. The van der Waals surface area contributed by atoms with E-state index in [1.54, 1.807) is 24.3 Å². The second-order valence-electron chi connectivity index (χ2n) is 7.73. The second-order valence-corrected chi connectivity index (χ2v) is 7.73. The van der Waals surface area contributed by atoms with Crippen molar-refractivity contribution in [1.29, 1.82) is 0 Å². The topological polar surface area (TPSA) is 140 Å². The Morgan fingerprint density at radius 2 is 2.03 bits per heavy atom. The highest BCUT2D eigenvalue weighted by Gasteiger charge is 2.39. The van der Waals surface area contributed by atoms with Crippen LogP contribution >= 0.6 is 0 Å². The molecule has 1 fully saturated rings. The molecule has 2 heterocycles. The number of aromatic nitrogens is 2. The molecule has 1 saturated heterocycles. The predicted octanol–water partition coefficient (Wildman–Crippen LogP) is 0.570. The van der Waals surface area contributed by atoms with Gasteiger partial charge in [-0.2, -0.15) is 0 Å². The fourth-order valence-electron chi connectivity index (χ4n) is 3.92. The van der Waals surface area contributed by atoms with Gasteiger partial charge in [0.15, 0.2) is 5.69 Å². The van der Waals surface area contributed by atoms with Gasteiger partial charge in [-0.15, -0.1) is 0 Å². The number of nitrogens with two attached hydrogens (primary N) is 1. The number of aromatic amines is 1. The first-order chi connectivity index (χ1) is 15.8. The fourth-order valence-corrected chi connectivity index (χ4v) is 3.92. The van der Waals surface area contributed by atoms with Gasteiger partial charge in [0.2, 0.25) is 11.8 Å². The summed E-state index contributed by atoms with van der Waals surface area (Å²) in [4.78, 5) is 56.1. The van der Waals surface area contributed by atoms with Gasteiger partial charge in [-0.05, 0) is 18.6 Å². The van der Waals surface area contributed by atoms with E-state index in [-0.39, 0.29) is 50.1 Å². The Morgan fingerprint density at radius 1 is 1.27 bits per heavy atom. The molecule has 0 bridgehead atoms. The second kappa shape index (κ2) is 10.3. The minimum absolute atomic E-state index is 0.0219. The van der Waals surface area contributed by atoms with Gasteiger partial charge in [0.05, 0.1) is 19.6 Å². The number of H-pyrrole nitrogens is 1. The van der Waals surface area contributed by atoms with Crippen LogP contribution in [0.15, 0.2) is 33.9 Å². The number of nitrogen functional groups attached to an aromatic ring is 1. The highest BCUT2D eigenvalue weighted by molar-refractivity contribution is 6.05. The zero-order valence-corrected chi connectivity index (χ0v) is 19.0. The van der Waals surface area contributed by atoms with Crippen LogP contribution in [0.4, 0.5) is 17.2 Å². The number of carbonyl (C=O) groups is 2. The van der Waals surface area contributed by atoms with Gasteiger partial charge in [0.1, 0.15) is 11.6 Å². The number of nitrogens with zero attached hydrogens (tertiary/aromatic N) is 3. The third-order valence-corrected chi connectivity index (χ3v) is 5.56. The van der Waals surface area contributed by atoms with Crippen LogP contribution in [-0.4, -0.2) is 55.3 Å². The van der Waals surface area contributed by atoms with E-state index in [0.717, 1.165) is 0 Å². The Hall–Kier alpha value is -3.60. The molecule has 3 N–H and O–H groups in total. The van der Waals surface area contributed by atoms with Crippen molar-refractivity contribution in [2.45, 2.75) is 26.3 Å². The Kier molecular flexibility index (Phi) is 7.54. The summed E-state index contributed by atoms with van der Waals surface area (Å²) in [5.74, 6) is -0.861. The molecule has 11 heteroatoms. The number of hydrogen-bond donors (Lipinski definition) is 2. The lowest BCUT2D eigenvalue weighted by Gasteiger charge is -2.26. The molecule has 0 radical (unpaired) electrons. The molecule has 1 aliphatic heterocycles. The van der Waals surface area contributed by atoms with Gasteiger partial charge in [-0.1, -0.05) is 13.0 Å². The van der Waals surface area contributed by atoms with Crippen molar-refractivity contribution in [3.63, 3.8) is 0 Å². The van der Waals surface area contributed by atoms with Gasteiger partial charge in [0.25, 0.3) is 5.56 Å². The first kappa shape index (κ1) is 24.1. The van der Waals surface area contributed by atoms with E-state index >= 15 is 0 Å². The van der Waals surface area contributed by atoms with Crippen molar-refractivity contribution in [3.05, 3.63) is 45.1 Å². The third-order valence-electron chi connectivity index (χ3n) is 5.56. The number of carbonyl (C=O) groups excluding carboxylic acids is 2. The van der Waals surface area contributed by atoms with E-state index in [1.165, 1.54) is 28.6 Å². The van der Waals surface area contributed by atoms with Crippen LogP contribution in [0, 0.1) is 5.92 Å². The summed E-state index contributed by atoms with van der Waals surface area (Å²) >= 11 is 0. The zero-order valence-electron chi connectivity index (χ0n) is 19.0. The number of amides is 2. The number of methoxy groups -OCH3 is 2. The minimum atomic E-state index is -0.761. The van der Waals surface area contributed by atoms with Crippen molar-refractivity contribution in [2.24, 2.45) is 5.92 Å². The summed E-state index contributed by atoms with van der Waals surface area (Å²) in [6.07, 6.45) is 0.583. The summed E-state index contributed by atoms with van der Waals surface area (Å²) in [6, 6.07) is 7.01. The Balaban J connectivity index is 1.95. The molecule has 3 rings (SSSR count). The number of rotatable bonds is 9. The number of nitrogens with one attached hydrogen (secondary N) is 1. The highest BCUT2D eigenvalue weighted by atomic mass is 16.5. The van der Waals surface area contributed by atoms with Gasteiger partial charge in [-0.25, -0.2) is 4.79 Å². The van der Waals surface area contributed by atoms with Crippen LogP contribution in [0.1, 0.15) is 19.8 Å². The van der Waals surface area contributed by atoms with E-state index in [1.807, 2.05) is 6.92 Å². The molecule has 33 heavy (non-hydrogen) atoms. The molecular formula is C22H29N5O6. The van der Waals surface area contributed by atoms with Crippen LogP contribution in [-0.2, 0) is 20.9 Å². The first-order valence-electron chi connectivity index (χ1n) is 10.7. The van der Waals surface area contributed by atoms with Gasteiger partial charge < -0.3 is 25.0 Å². The summed E-state index contributed by atoms with van der Waals surface area (Å²) in [7, 11) is 3.00. The summed E-state index contributed by atoms with van der Waals surface area (Å²) in [5, 5.41) is 0. The molecule has 178 valence electrons. The maximum Gasteiger partial charge on any atom is 0.330 e. The Bertz CT molecular complexity index is 1140. The van der Waals surface area contributed by atoms with E-state index in [2.05, 4.69) is 4.98 Å². The lowest BCUT2D eigenvalue weighted by atomic mass is 10.1. The molecule has 1 aliphatic rings. The highest BCUT2D eigenvalue weighted by Crippen LogP contribution is 2.30. The van der Waals surface area contributed by atoms with E-state index < -0.39 is 23.1 Å². The van der Waals surface area contributed by atoms with E-state index in [0.29, 0.717) is 17.9 Å². The van der Waals surface area contributed by atoms with Crippen molar-refractivity contribution < 1.29 is 19.1 Å². The Morgan fingerprint density at radius 3 is 2.70 bits per heavy atom. The molecule has 11 nitrogen and oxygen atoms in total. The quantitative estimate of drug-likeness (QED) is 0.559. The monoisotopic (exact) mass is 459 g/mol. The van der Waals surface area contributed by atoms with Crippen molar-refractivity contribution in [3.8, 4) is 5.75 Å². The zero-order chi connectivity index (χ0) is 24.1. The van der Waals surface area contributed by atoms with Crippen LogP contribution in [0.5, 0.6) is 5.75 Å². The number of hydrogen-bond acceptors (Lipinski definition) is 7. The predicted molar refractivity (Wildman–Crippen MR) is 124 cm³/mol. The molecular weight excluding hydrogens is 430 g/mol. The van der Waals surface area contributed by atoms with Gasteiger partial charge in [-0.3, -0.25) is 23.9 Å². The number of ether oxygens (including phenoxy) is 2. The SMILES string of the molecule is CCCn1c(N)c(N(CCOC)C(=O)C2CC(=O)N(c3cccc(OC)c3)C2)c(=O)[nH]c1=O. The molecule has 0 saturated carbocycles. The van der Waals surface area contributed by atoms with Crippen molar-refractivity contribution in [1.82, 2.24) is 9.55 Å². The normalized spacial score (nSPS) is 15.7. The largest absolute Gasteiger partial charge is 0.497 e. The molecule has 1 unspecified atom stereocenters. The lowest BCUT2D eigenvalue weighted by molar-refractivity contribution is -0.124. The smallest absolute Gasteiger partial charge is 0.330 e. The van der Waals surface area contributed by atoms with Gasteiger partial charge in [0, 0.05) is 44.9 Å². The van der Waals surface area contributed by atoms with E-state index in [4.69, 9.17) is 15.2 Å². The van der Waals surface area contributed by atoms with E-state index in [9.17, 15) is 19.2 Å². The molecule has 0 aliphatic carbocycles. The maximum absolute atomic E-state index is 13.5. The van der Waals surface area contributed by atoms with Crippen molar-refractivity contribution in [2.75, 3.05) is 49.4 Å². The number of anilines is 3. The third kappa shape index (κ3) is 4.92.